The van der Waals surface area contributed by atoms with Gasteiger partial charge in [-0.15, -0.1) is 0 Å². The topological polar surface area (TPSA) is 108 Å². The minimum atomic E-state index is -4.01. The van der Waals surface area contributed by atoms with Crippen molar-refractivity contribution in [3.05, 3.63) is 96.1 Å². The Bertz CT molecular complexity index is 1250. The summed E-state index contributed by atoms with van der Waals surface area (Å²) in [4.78, 5) is 25.2. The predicted molar refractivity (Wildman–Crippen MR) is 134 cm³/mol. The third-order valence-electron chi connectivity index (χ3n) is 4.88. The lowest BCUT2D eigenvalue weighted by molar-refractivity contribution is -0.146. The molecule has 1 N–H and O–H groups in total. The number of hydrogen-bond acceptors (Lipinski definition) is 7. The molecule has 3 aromatic rings. The van der Waals surface area contributed by atoms with Crippen LogP contribution in [-0.4, -0.2) is 32.6 Å². The molecule has 0 heterocycles. The highest BCUT2D eigenvalue weighted by Gasteiger charge is 2.25. The van der Waals surface area contributed by atoms with Gasteiger partial charge >= 0.3 is 22.2 Å². The molecule has 0 bridgehead atoms. The molecule has 8 nitrogen and oxygen atoms in total. The average molecular weight is 512 g/mol. The van der Waals surface area contributed by atoms with Gasteiger partial charge in [0.1, 0.15) is 22.9 Å². The molecule has 36 heavy (non-hydrogen) atoms. The van der Waals surface area contributed by atoms with E-state index < -0.39 is 33.7 Å². The van der Waals surface area contributed by atoms with Gasteiger partial charge in [0.25, 0.3) is 0 Å². The first-order valence-corrected chi connectivity index (χ1v) is 12.7. The maximum absolute atomic E-state index is 13.0. The zero-order valence-electron chi connectivity index (χ0n) is 20.3. The zero-order valence-corrected chi connectivity index (χ0v) is 21.2. The molecule has 190 valence electrons. The fraction of sp³-hybridized carbons (Fsp3) is 0.259. The van der Waals surface area contributed by atoms with E-state index in [0.29, 0.717) is 5.56 Å². The summed E-state index contributed by atoms with van der Waals surface area (Å²) in [5.74, 6) is -1.33. The first kappa shape index (κ1) is 26.7. The van der Waals surface area contributed by atoms with Gasteiger partial charge in [-0.05, 0) is 56.2 Å². The maximum Gasteiger partial charge on any atom is 0.407 e. The van der Waals surface area contributed by atoms with Crippen molar-refractivity contribution in [2.45, 2.75) is 43.8 Å². The van der Waals surface area contributed by atoms with Gasteiger partial charge in [0.05, 0.1) is 5.92 Å². The van der Waals surface area contributed by atoms with Crippen LogP contribution in [-0.2, 0) is 31.0 Å². The van der Waals surface area contributed by atoms with E-state index in [1.807, 2.05) is 30.3 Å². The Morgan fingerprint density at radius 3 is 2.03 bits per heavy atom. The van der Waals surface area contributed by atoms with Gasteiger partial charge < -0.3 is 19.0 Å². The molecule has 0 aliphatic carbocycles. The molecule has 1 amide bonds. The average Bonchev–Trinajstić information content (AvgIpc) is 2.84. The van der Waals surface area contributed by atoms with Crippen molar-refractivity contribution in [2.24, 2.45) is 0 Å². The molecule has 1 atom stereocenters. The van der Waals surface area contributed by atoms with Gasteiger partial charge in [-0.1, -0.05) is 60.7 Å². The first-order valence-electron chi connectivity index (χ1n) is 11.3. The van der Waals surface area contributed by atoms with Crippen LogP contribution < -0.4 is 9.50 Å². The highest BCUT2D eigenvalue weighted by atomic mass is 32.2. The predicted octanol–water partition coefficient (Wildman–Crippen LogP) is 4.81. The highest BCUT2D eigenvalue weighted by Crippen LogP contribution is 2.24. The summed E-state index contributed by atoms with van der Waals surface area (Å²) in [5, 5.41) is 2.60. The monoisotopic (exact) mass is 511 g/mol. The smallest absolute Gasteiger partial charge is 0.407 e. The van der Waals surface area contributed by atoms with Crippen LogP contribution in [0.1, 0.15) is 37.8 Å². The van der Waals surface area contributed by atoms with E-state index in [0.717, 1.165) is 5.56 Å². The second-order valence-corrected chi connectivity index (χ2v) is 10.5. The molecular formula is C27H29NO7S. The van der Waals surface area contributed by atoms with Crippen LogP contribution in [0.15, 0.2) is 89.8 Å². The Morgan fingerprint density at radius 2 is 1.44 bits per heavy atom. The molecule has 0 aromatic heterocycles. The van der Waals surface area contributed by atoms with Crippen molar-refractivity contribution in [1.29, 1.82) is 0 Å². The van der Waals surface area contributed by atoms with Crippen molar-refractivity contribution >= 4 is 22.2 Å². The number of amides is 1. The fourth-order valence-corrected chi connectivity index (χ4v) is 4.13. The number of esters is 1. The Hall–Kier alpha value is -3.85. The quantitative estimate of drug-likeness (QED) is 0.325. The lowest BCUT2D eigenvalue weighted by atomic mass is 9.99. The Labute approximate surface area is 211 Å². The van der Waals surface area contributed by atoms with Crippen molar-refractivity contribution < 1.29 is 31.7 Å². The van der Waals surface area contributed by atoms with Crippen molar-refractivity contribution in [2.75, 3.05) is 6.54 Å². The van der Waals surface area contributed by atoms with Crippen LogP contribution in [0.4, 0.5) is 4.79 Å². The molecule has 3 rings (SSSR count). The molecule has 0 saturated carbocycles. The third kappa shape index (κ3) is 8.13. The molecule has 3 aromatic carbocycles. The van der Waals surface area contributed by atoms with E-state index in [9.17, 15) is 18.0 Å². The van der Waals surface area contributed by atoms with Crippen LogP contribution >= 0.6 is 0 Å². The number of ether oxygens (including phenoxy) is 2. The van der Waals surface area contributed by atoms with Crippen LogP contribution in [0.5, 0.6) is 5.75 Å². The van der Waals surface area contributed by atoms with Gasteiger partial charge in [-0.25, -0.2) is 4.79 Å². The number of nitrogens with one attached hydrogen (secondary N) is 1. The Balaban J connectivity index is 1.74. The first-order chi connectivity index (χ1) is 17.0. The number of carbonyl (C=O) groups is 2. The summed E-state index contributed by atoms with van der Waals surface area (Å²) in [7, 11) is -4.01. The Morgan fingerprint density at radius 1 is 0.861 bits per heavy atom. The summed E-state index contributed by atoms with van der Waals surface area (Å²) < 4.78 is 40.9. The third-order valence-corrected chi connectivity index (χ3v) is 6.14. The molecule has 1 unspecified atom stereocenters. The highest BCUT2D eigenvalue weighted by molar-refractivity contribution is 7.87. The molecule has 0 aliphatic rings. The molecule has 0 aliphatic heterocycles. The zero-order chi connectivity index (χ0) is 26.2. The second kappa shape index (κ2) is 11.7. The van der Waals surface area contributed by atoms with Gasteiger partial charge in [-0.3, -0.25) is 4.79 Å². The molecule has 0 spiro atoms. The lowest BCUT2D eigenvalue weighted by Crippen LogP contribution is -2.36. The second-order valence-electron chi connectivity index (χ2n) is 8.95. The van der Waals surface area contributed by atoms with Gasteiger partial charge in [0.2, 0.25) is 0 Å². The number of hydrogen-bond donors (Lipinski definition) is 1. The van der Waals surface area contributed by atoms with Crippen LogP contribution in [0.25, 0.3) is 0 Å². The van der Waals surface area contributed by atoms with E-state index in [1.165, 1.54) is 24.3 Å². The molecule has 0 fully saturated rings. The van der Waals surface area contributed by atoms with Crippen molar-refractivity contribution in [3.63, 3.8) is 0 Å². The molecular weight excluding hydrogens is 482 g/mol. The summed E-state index contributed by atoms with van der Waals surface area (Å²) in [6.07, 6.45) is -0.669. The fourth-order valence-electron chi connectivity index (χ4n) is 3.18. The summed E-state index contributed by atoms with van der Waals surface area (Å²) in [5.41, 5.74) is 0.629. The van der Waals surface area contributed by atoms with Crippen LogP contribution in [0, 0.1) is 0 Å². The van der Waals surface area contributed by atoms with E-state index in [2.05, 4.69) is 5.32 Å². The van der Waals surface area contributed by atoms with Crippen molar-refractivity contribution in [3.8, 4) is 5.75 Å². The van der Waals surface area contributed by atoms with E-state index in [-0.39, 0.29) is 23.8 Å². The van der Waals surface area contributed by atoms with Crippen LogP contribution in [0.3, 0.4) is 0 Å². The maximum atomic E-state index is 13.0. The summed E-state index contributed by atoms with van der Waals surface area (Å²) in [6.45, 7) is 5.20. The van der Waals surface area contributed by atoms with Gasteiger partial charge in [0.15, 0.2) is 0 Å². The molecule has 0 radical (unpaired) electrons. The Kier molecular flexibility index (Phi) is 8.71. The standard InChI is InChI=1S/C27H29NO7S/c1-27(2,3)34-26(30)28-18-24(25(29)33-19-20-10-6-4-7-11-20)21-14-16-22(17-15-21)35-36(31,32)23-12-8-5-9-13-23/h4-17,24H,18-19H2,1-3H3,(H,28,30). The van der Waals surface area contributed by atoms with Gasteiger partial charge in [-0.2, -0.15) is 8.42 Å². The van der Waals surface area contributed by atoms with Crippen molar-refractivity contribution in [1.82, 2.24) is 5.32 Å². The normalized spacial score (nSPS) is 12.3. The molecule has 9 heteroatoms. The lowest BCUT2D eigenvalue weighted by Gasteiger charge is -2.22. The van der Waals surface area contributed by atoms with E-state index in [4.69, 9.17) is 13.7 Å². The number of alkyl carbamates (subject to hydrolysis) is 1. The number of benzene rings is 3. The van der Waals surface area contributed by atoms with Gasteiger partial charge in [0, 0.05) is 6.54 Å². The number of carbonyl (C=O) groups excluding carboxylic acids is 2. The van der Waals surface area contributed by atoms with E-state index >= 15 is 0 Å². The minimum absolute atomic E-state index is 0.0259. The number of rotatable bonds is 9. The SMILES string of the molecule is CC(C)(C)OC(=O)NCC(C(=O)OCc1ccccc1)c1ccc(OS(=O)(=O)c2ccccc2)cc1. The minimum Gasteiger partial charge on any atom is -0.460 e. The summed E-state index contributed by atoms with van der Waals surface area (Å²) in [6, 6.07) is 23.0. The largest absolute Gasteiger partial charge is 0.460 e. The molecule has 0 saturated heterocycles. The van der Waals surface area contributed by atoms with E-state index in [1.54, 1.807) is 51.1 Å². The van der Waals surface area contributed by atoms with Crippen LogP contribution in [0.2, 0.25) is 0 Å². The summed E-state index contributed by atoms with van der Waals surface area (Å²) >= 11 is 0.